The summed E-state index contributed by atoms with van der Waals surface area (Å²) in [7, 11) is 0. The molecular weight excluding hydrogens is 190 g/mol. The number of carboxylic acids is 1. The fourth-order valence-electron chi connectivity index (χ4n) is 0.803. The molecule has 1 aromatic rings. The number of nitrogens with zero attached hydrogens (tertiary/aromatic N) is 1. The van der Waals surface area contributed by atoms with Gasteiger partial charge in [-0.3, -0.25) is 9.59 Å². The van der Waals surface area contributed by atoms with Gasteiger partial charge in [0.2, 0.25) is 11.7 Å². The number of aromatic carboxylic acids is 1. The lowest BCUT2D eigenvalue weighted by Gasteiger charge is -2.00. The van der Waals surface area contributed by atoms with Crippen LogP contribution in [0.15, 0.2) is 10.9 Å². The molecule has 0 aromatic carbocycles. The van der Waals surface area contributed by atoms with Gasteiger partial charge in [0.1, 0.15) is 5.82 Å². The highest BCUT2D eigenvalue weighted by Crippen LogP contribution is 1.98. The van der Waals surface area contributed by atoms with Gasteiger partial charge in [-0.05, 0) is 0 Å². The van der Waals surface area contributed by atoms with E-state index in [0.29, 0.717) is 0 Å². The van der Waals surface area contributed by atoms with E-state index < -0.39 is 23.3 Å². The van der Waals surface area contributed by atoms with Crippen molar-refractivity contribution in [2.45, 2.75) is 6.92 Å². The molecule has 0 saturated heterocycles. The molecule has 0 aliphatic rings. The van der Waals surface area contributed by atoms with Crippen molar-refractivity contribution in [3.63, 3.8) is 0 Å². The van der Waals surface area contributed by atoms with E-state index in [1.165, 1.54) is 6.92 Å². The molecule has 1 heterocycles. The van der Waals surface area contributed by atoms with E-state index in [2.05, 4.69) is 10.3 Å². The van der Waals surface area contributed by atoms with Gasteiger partial charge in [0.25, 0.3) is 5.56 Å². The second-order valence-corrected chi connectivity index (χ2v) is 2.47. The molecule has 0 aliphatic heterocycles. The summed E-state index contributed by atoms with van der Waals surface area (Å²) < 4.78 is 0. The first-order valence-corrected chi connectivity index (χ1v) is 3.61. The number of nitrogens with one attached hydrogen (secondary N) is 2. The van der Waals surface area contributed by atoms with Crippen molar-refractivity contribution >= 4 is 17.7 Å². The van der Waals surface area contributed by atoms with Crippen LogP contribution in [-0.4, -0.2) is 27.0 Å². The Hall–Kier alpha value is -2.18. The number of H-pyrrole nitrogens is 1. The van der Waals surface area contributed by atoms with Crippen LogP contribution in [0.3, 0.4) is 0 Å². The molecule has 7 heteroatoms. The van der Waals surface area contributed by atoms with Gasteiger partial charge in [-0.25, -0.2) is 9.78 Å². The molecule has 0 atom stereocenters. The zero-order valence-electron chi connectivity index (χ0n) is 7.20. The third kappa shape index (κ3) is 2.41. The van der Waals surface area contributed by atoms with Crippen LogP contribution in [-0.2, 0) is 4.79 Å². The van der Waals surface area contributed by atoms with E-state index in [1.54, 1.807) is 0 Å². The summed E-state index contributed by atoms with van der Waals surface area (Å²) in [6, 6.07) is 0.994. The van der Waals surface area contributed by atoms with Gasteiger partial charge in [0.05, 0.1) is 0 Å². The van der Waals surface area contributed by atoms with Gasteiger partial charge in [-0.15, -0.1) is 0 Å². The Morgan fingerprint density at radius 3 is 2.71 bits per heavy atom. The molecule has 0 spiro atoms. The topological polar surface area (TPSA) is 112 Å². The molecule has 0 unspecified atom stereocenters. The molecule has 0 saturated carbocycles. The van der Waals surface area contributed by atoms with Crippen LogP contribution in [0.5, 0.6) is 0 Å². The summed E-state index contributed by atoms with van der Waals surface area (Å²) in [5.41, 5.74) is -0.638. The largest absolute Gasteiger partial charge is 0.475 e. The lowest BCUT2D eigenvalue weighted by molar-refractivity contribution is -0.114. The Balaban J connectivity index is 3.13. The highest BCUT2D eigenvalue weighted by Gasteiger charge is 2.08. The average molecular weight is 197 g/mol. The van der Waals surface area contributed by atoms with E-state index in [0.717, 1.165) is 6.07 Å². The number of amides is 1. The van der Waals surface area contributed by atoms with Gasteiger partial charge < -0.3 is 15.4 Å². The molecule has 14 heavy (non-hydrogen) atoms. The van der Waals surface area contributed by atoms with Crippen LogP contribution in [0.2, 0.25) is 0 Å². The number of carbonyl (C=O) groups excluding carboxylic acids is 1. The summed E-state index contributed by atoms with van der Waals surface area (Å²) in [6.45, 7) is 1.23. The van der Waals surface area contributed by atoms with E-state index in [1.807, 2.05) is 4.98 Å². The molecule has 7 nitrogen and oxygen atoms in total. The Morgan fingerprint density at radius 1 is 1.57 bits per heavy atom. The Bertz CT molecular complexity index is 437. The molecule has 0 fully saturated rings. The van der Waals surface area contributed by atoms with Crippen molar-refractivity contribution in [3.8, 4) is 0 Å². The van der Waals surface area contributed by atoms with E-state index in [-0.39, 0.29) is 5.82 Å². The molecule has 0 aliphatic carbocycles. The monoisotopic (exact) mass is 197 g/mol. The summed E-state index contributed by atoms with van der Waals surface area (Å²) in [6.07, 6.45) is 0. The maximum atomic E-state index is 10.9. The van der Waals surface area contributed by atoms with Crippen molar-refractivity contribution in [1.29, 1.82) is 0 Å². The quantitative estimate of drug-likeness (QED) is 0.587. The Morgan fingerprint density at radius 2 is 2.21 bits per heavy atom. The summed E-state index contributed by atoms with van der Waals surface area (Å²) in [4.78, 5) is 37.4. The van der Waals surface area contributed by atoms with Crippen LogP contribution in [0.1, 0.15) is 17.5 Å². The lowest BCUT2D eigenvalue weighted by atomic mass is 10.5. The lowest BCUT2D eigenvalue weighted by Crippen LogP contribution is -2.18. The highest BCUT2D eigenvalue weighted by atomic mass is 16.4. The van der Waals surface area contributed by atoms with Crippen LogP contribution in [0.4, 0.5) is 5.82 Å². The van der Waals surface area contributed by atoms with E-state index >= 15 is 0 Å². The molecule has 74 valence electrons. The maximum Gasteiger partial charge on any atom is 0.372 e. The van der Waals surface area contributed by atoms with Gasteiger partial charge in [-0.1, -0.05) is 0 Å². The Kier molecular flexibility index (Phi) is 2.61. The van der Waals surface area contributed by atoms with Crippen molar-refractivity contribution in [2.75, 3.05) is 5.32 Å². The summed E-state index contributed by atoms with van der Waals surface area (Å²) >= 11 is 0. The van der Waals surface area contributed by atoms with Crippen molar-refractivity contribution in [3.05, 3.63) is 22.2 Å². The molecule has 1 rings (SSSR count). The zero-order valence-corrected chi connectivity index (χ0v) is 7.20. The minimum atomic E-state index is -1.37. The number of aromatic amines is 1. The molecular formula is C7H7N3O4. The van der Waals surface area contributed by atoms with E-state index in [9.17, 15) is 14.4 Å². The van der Waals surface area contributed by atoms with Crippen molar-refractivity contribution in [1.82, 2.24) is 9.97 Å². The van der Waals surface area contributed by atoms with Gasteiger partial charge in [0, 0.05) is 13.0 Å². The second-order valence-electron chi connectivity index (χ2n) is 2.47. The standard InChI is InChI=1S/C7H7N3O4/c1-3(11)8-4-2-5(12)10-6(9-4)7(13)14/h2H,1H3,(H,13,14)(H2,8,9,10,11,12). The first-order chi connectivity index (χ1) is 6.49. The maximum absolute atomic E-state index is 10.9. The molecule has 3 N–H and O–H groups in total. The van der Waals surface area contributed by atoms with Crippen LogP contribution < -0.4 is 10.9 Å². The number of anilines is 1. The first-order valence-electron chi connectivity index (χ1n) is 3.61. The van der Waals surface area contributed by atoms with Gasteiger partial charge in [0.15, 0.2) is 0 Å². The third-order valence-corrected chi connectivity index (χ3v) is 1.25. The van der Waals surface area contributed by atoms with E-state index in [4.69, 9.17) is 5.11 Å². The first kappa shape index (κ1) is 9.90. The van der Waals surface area contributed by atoms with Crippen molar-refractivity contribution < 1.29 is 14.7 Å². The molecule has 1 aromatic heterocycles. The normalized spacial score (nSPS) is 9.50. The minimum Gasteiger partial charge on any atom is -0.475 e. The molecule has 0 radical (unpaired) electrons. The number of carboxylic acid groups (broad SMARTS) is 1. The minimum absolute atomic E-state index is 0.0846. The second kappa shape index (κ2) is 3.69. The zero-order chi connectivity index (χ0) is 10.7. The third-order valence-electron chi connectivity index (χ3n) is 1.25. The number of rotatable bonds is 2. The summed E-state index contributed by atoms with van der Waals surface area (Å²) in [5.74, 6) is -2.39. The predicted octanol–water partition coefficient (Wildman–Crippen LogP) is -0.574. The number of aromatic nitrogens is 2. The fraction of sp³-hybridized carbons (Fsp3) is 0.143. The van der Waals surface area contributed by atoms with Gasteiger partial charge >= 0.3 is 5.97 Å². The molecule has 0 bridgehead atoms. The van der Waals surface area contributed by atoms with Crippen molar-refractivity contribution in [2.24, 2.45) is 0 Å². The van der Waals surface area contributed by atoms with Crippen LogP contribution in [0, 0.1) is 0 Å². The fourth-order valence-corrected chi connectivity index (χ4v) is 0.803. The Labute approximate surface area is 77.8 Å². The average Bonchev–Trinajstić information content (AvgIpc) is 2.01. The van der Waals surface area contributed by atoms with Crippen LogP contribution >= 0.6 is 0 Å². The number of carbonyl (C=O) groups is 2. The van der Waals surface area contributed by atoms with Gasteiger partial charge in [-0.2, -0.15) is 0 Å². The summed E-state index contributed by atoms with van der Waals surface area (Å²) in [5, 5.41) is 10.7. The predicted molar refractivity (Wildman–Crippen MR) is 46.1 cm³/mol. The smallest absolute Gasteiger partial charge is 0.372 e. The highest BCUT2D eigenvalue weighted by molar-refractivity contribution is 5.88. The molecule has 1 amide bonds. The number of hydrogen-bond acceptors (Lipinski definition) is 4. The SMILES string of the molecule is CC(=O)Nc1cc(=O)[nH]c(C(=O)O)n1. The van der Waals surface area contributed by atoms with Crippen LogP contribution in [0.25, 0.3) is 0 Å². The number of hydrogen-bond donors (Lipinski definition) is 3.